The van der Waals surface area contributed by atoms with Gasteiger partial charge in [0.25, 0.3) is 0 Å². The third-order valence-electron chi connectivity index (χ3n) is 4.38. The van der Waals surface area contributed by atoms with E-state index in [9.17, 15) is 4.79 Å². The van der Waals surface area contributed by atoms with E-state index >= 15 is 0 Å². The Bertz CT molecular complexity index is 380. The zero-order chi connectivity index (χ0) is 16.0. The highest BCUT2D eigenvalue weighted by atomic mass is 16.1. The van der Waals surface area contributed by atoms with Crippen molar-refractivity contribution in [2.45, 2.75) is 84.5 Å². The molecule has 1 aromatic carbocycles. The van der Waals surface area contributed by atoms with Gasteiger partial charge in [0.2, 0.25) is 0 Å². The van der Waals surface area contributed by atoms with Gasteiger partial charge >= 0.3 is 0 Å². The van der Waals surface area contributed by atoms with Crippen LogP contribution in [0.4, 0.5) is 0 Å². The maximum atomic E-state index is 11.5. The largest absolute Gasteiger partial charge is 0.299 e. The zero-order valence-electron chi connectivity index (χ0n) is 14.7. The summed E-state index contributed by atoms with van der Waals surface area (Å²) in [6.07, 6.45) is 13.8. The number of hydrogen-bond acceptors (Lipinski definition) is 1. The maximum Gasteiger partial charge on any atom is 0.135 e. The van der Waals surface area contributed by atoms with Crippen LogP contribution in [0, 0.1) is 5.92 Å². The zero-order valence-corrected chi connectivity index (χ0v) is 14.7. The van der Waals surface area contributed by atoms with E-state index in [-0.39, 0.29) is 5.92 Å². The minimum atomic E-state index is 0.218. The molecule has 0 radical (unpaired) electrons. The Labute approximate surface area is 137 Å². The number of hydrogen-bond donors (Lipinski definition) is 0. The van der Waals surface area contributed by atoms with Crippen LogP contribution in [0.2, 0.25) is 0 Å². The summed E-state index contributed by atoms with van der Waals surface area (Å²) >= 11 is 0. The van der Waals surface area contributed by atoms with Gasteiger partial charge in [-0.1, -0.05) is 89.1 Å². The molecular formula is C21H34O. The lowest BCUT2D eigenvalue weighted by Crippen LogP contribution is -2.05. The highest BCUT2D eigenvalue weighted by Gasteiger charge is 2.05. The molecule has 0 aliphatic heterocycles. The number of Topliss-reactive ketones (excluding diaryl/α,β-unsaturated/α-hetero) is 1. The van der Waals surface area contributed by atoms with Crippen molar-refractivity contribution in [1.82, 2.24) is 0 Å². The summed E-state index contributed by atoms with van der Waals surface area (Å²) in [6, 6.07) is 10.8. The average Bonchev–Trinajstić information content (AvgIpc) is 2.53. The van der Waals surface area contributed by atoms with Crippen molar-refractivity contribution in [3.05, 3.63) is 35.9 Å². The molecule has 0 heterocycles. The molecule has 0 amide bonds. The number of carbonyl (C=O) groups is 1. The molecule has 0 saturated heterocycles. The van der Waals surface area contributed by atoms with Crippen LogP contribution in [0.1, 0.15) is 83.6 Å². The predicted octanol–water partition coefficient (Wildman–Crippen LogP) is 6.36. The fourth-order valence-electron chi connectivity index (χ4n) is 2.80. The van der Waals surface area contributed by atoms with Gasteiger partial charge in [0.05, 0.1) is 0 Å². The van der Waals surface area contributed by atoms with E-state index in [2.05, 4.69) is 30.3 Å². The van der Waals surface area contributed by atoms with Crippen LogP contribution in [-0.4, -0.2) is 5.78 Å². The van der Waals surface area contributed by atoms with Gasteiger partial charge in [0.1, 0.15) is 5.78 Å². The molecule has 0 saturated carbocycles. The van der Waals surface area contributed by atoms with Crippen LogP contribution < -0.4 is 0 Å². The number of ketones is 1. The highest BCUT2D eigenvalue weighted by molar-refractivity contribution is 5.80. The van der Waals surface area contributed by atoms with Crippen LogP contribution >= 0.6 is 0 Å². The fourth-order valence-corrected chi connectivity index (χ4v) is 2.80. The van der Waals surface area contributed by atoms with Gasteiger partial charge in [0.15, 0.2) is 0 Å². The van der Waals surface area contributed by atoms with E-state index in [0.717, 1.165) is 12.8 Å². The molecule has 0 aliphatic rings. The molecule has 22 heavy (non-hydrogen) atoms. The van der Waals surface area contributed by atoms with Gasteiger partial charge in [0, 0.05) is 12.3 Å². The second-order valence-corrected chi connectivity index (χ2v) is 6.79. The van der Waals surface area contributed by atoms with Crippen molar-refractivity contribution in [3.63, 3.8) is 0 Å². The van der Waals surface area contributed by atoms with Crippen LogP contribution in [0.15, 0.2) is 30.3 Å². The Kier molecular flexibility index (Phi) is 10.7. The highest BCUT2D eigenvalue weighted by Crippen LogP contribution is 2.13. The Hall–Kier alpha value is -1.11. The number of aryl methyl sites for hydroxylation is 1. The maximum absolute atomic E-state index is 11.5. The first-order chi connectivity index (χ1) is 10.7. The second kappa shape index (κ2) is 12.4. The first kappa shape index (κ1) is 18.9. The summed E-state index contributed by atoms with van der Waals surface area (Å²) < 4.78 is 0. The van der Waals surface area contributed by atoms with Gasteiger partial charge in [-0.25, -0.2) is 0 Å². The molecule has 0 bridgehead atoms. The van der Waals surface area contributed by atoms with Gasteiger partial charge in [-0.2, -0.15) is 0 Å². The van der Waals surface area contributed by atoms with E-state index in [1.54, 1.807) is 0 Å². The Morgan fingerprint density at radius 3 is 1.82 bits per heavy atom. The molecule has 1 nitrogen and oxygen atoms in total. The number of unbranched alkanes of at least 4 members (excludes halogenated alkanes) is 8. The van der Waals surface area contributed by atoms with Crippen LogP contribution in [-0.2, 0) is 11.2 Å². The molecule has 1 aromatic rings. The average molecular weight is 303 g/mol. The van der Waals surface area contributed by atoms with Gasteiger partial charge in [-0.3, -0.25) is 4.79 Å². The number of benzene rings is 1. The lowest BCUT2D eigenvalue weighted by atomic mass is 10.0. The summed E-state index contributed by atoms with van der Waals surface area (Å²) in [4.78, 5) is 11.5. The number of carbonyl (C=O) groups excluding carboxylic acids is 1. The molecule has 0 N–H and O–H groups in total. The Morgan fingerprint density at radius 1 is 0.773 bits per heavy atom. The first-order valence-electron chi connectivity index (χ1n) is 9.27. The normalized spacial score (nSPS) is 11.0. The van der Waals surface area contributed by atoms with E-state index in [0.29, 0.717) is 5.78 Å². The summed E-state index contributed by atoms with van der Waals surface area (Å²) in [5, 5.41) is 0. The Morgan fingerprint density at radius 2 is 1.27 bits per heavy atom. The quantitative estimate of drug-likeness (QED) is 0.388. The first-order valence-corrected chi connectivity index (χ1v) is 9.27. The van der Waals surface area contributed by atoms with Crippen LogP contribution in [0.3, 0.4) is 0 Å². The summed E-state index contributed by atoms with van der Waals surface area (Å²) in [7, 11) is 0. The van der Waals surface area contributed by atoms with Crippen molar-refractivity contribution in [1.29, 1.82) is 0 Å². The third-order valence-corrected chi connectivity index (χ3v) is 4.38. The van der Waals surface area contributed by atoms with Crippen molar-refractivity contribution in [2.24, 2.45) is 5.92 Å². The third kappa shape index (κ3) is 9.76. The van der Waals surface area contributed by atoms with Crippen molar-refractivity contribution >= 4 is 5.78 Å². The topological polar surface area (TPSA) is 17.1 Å². The summed E-state index contributed by atoms with van der Waals surface area (Å²) in [5.74, 6) is 0.648. The van der Waals surface area contributed by atoms with E-state index in [1.165, 1.54) is 63.4 Å². The standard InChI is InChI=1S/C21H34O/c1-19(2)21(22)18-14-9-7-5-3-4-6-8-11-15-20-16-12-10-13-17-20/h10,12-13,16-17,19H,3-9,11,14-15,18H2,1-2H3. The van der Waals surface area contributed by atoms with Crippen molar-refractivity contribution in [3.8, 4) is 0 Å². The van der Waals surface area contributed by atoms with Gasteiger partial charge < -0.3 is 0 Å². The van der Waals surface area contributed by atoms with Crippen LogP contribution in [0.25, 0.3) is 0 Å². The molecule has 124 valence electrons. The lowest BCUT2D eigenvalue weighted by molar-refractivity contribution is -0.122. The van der Waals surface area contributed by atoms with Gasteiger partial charge in [-0.15, -0.1) is 0 Å². The fraction of sp³-hybridized carbons (Fsp3) is 0.667. The Balaban J connectivity index is 1.81. The second-order valence-electron chi connectivity index (χ2n) is 6.79. The molecule has 0 fully saturated rings. The summed E-state index contributed by atoms with van der Waals surface area (Å²) in [6.45, 7) is 4.00. The van der Waals surface area contributed by atoms with E-state index in [1.807, 2.05) is 13.8 Å². The minimum absolute atomic E-state index is 0.218. The lowest BCUT2D eigenvalue weighted by Gasteiger charge is -2.04. The minimum Gasteiger partial charge on any atom is -0.299 e. The monoisotopic (exact) mass is 302 g/mol. The van der Waals surface area contributed by atoms with Crippen LogP contribution in [0.5, 0.6) is 0 Å². The molecule has 0 atom stereocenters. The predicted molar refractivity (Wildman–Crippen MR) is 96.2 cm³/mol. The SMILES string of the molecule is CC(C)C(=O)CCCCCCCCCCCc1ccccc1. The molecule has 0 spiro atoms. The van der Waals surface area contributed by atoms with Crippen molar-refractivity contribution < 1.29 is 4.79 Å². The molecule has 0 aromatic heterocycles. The smallest absolute Gasteiger partial charge is 0.135 e. The van der Waals surface area contributed by atoms with Gasteiger partial charge in [-0.05, 0) is 24.8 Å². The molecular weight excluding hydrogens is 268 g/mol. The molecule has 0 aliphatic carbocycles. The van der Waals surface area contributed by atoms with Crippen molar-refractivity contribution in [2.75, 3.05) is 0 Å². The molecule has 0 unspecified atom stereocenters. The van der Waals surface area contributed by atoms with E-state index in [4.69, 9.17) is 0 Å². The molecule has 1 rings (SSSR count). The summed E-state index contributed by atoms with van der Waals surface area (Å²) in [5.41, 5.74) is 1.47. The molecule has 1 heteroatoms. The van der Waals surface area contributed by atoms with E-state index < -0.39 is 0 Å². The number of rotatable bonds is 13.